The molecule has 0 atom stereocenters. The second kappa shape index (κ2) is 5.54. The van der Waals surface area contributed by atoms with Gasteiger partial charge in [-0.3, -0.25) is 4.79 Å². The fourth-order valence-electron chi connectivity index (χ4n) is 2.00. The molecule has 0 amide bonds. The van der Waals surface area contributed by atoms with Crippen LogP contribution in [0.15, 0.2) is 30.3 Å². The lowest BCUT2D eigenvalue weighted by Crippen LogP contribution is -1.99. The van der Waals surface area contributed by atoms with Gasteiger partial charge in [0.15, 0.2) is 6.29 Å². The molecule has 0 aliphatic carbocycles. The fourth-order valence-corrected chi connectivity index (χ4v) is 2.00. The van der Waals surface area contributed by atoms with Crippen LogP contribution in [0.4, 0.5) is 0 Å². The molecule has 2 rings (SSSR count). The van der Waals surface area contributed by atoms with Crippen molar-refractivity contribution in [3.05, 3.63) is 35.9 Å². The summed E-state index contributed by atoms with van der Waals surface area (Å²) in [4.78, 5) is 11.1. The third kappa shape index (κ3) is 2.16. The van der Waals surface area contributed by atoms with Crippen LogP contribution >= 0.6 is 0 Å². The number of fused-ring (bicyclic) bond motifs is 1. The largest absolute Gasteiger partial charge is 0.493 e. The Morgan fingerprint density at radius 3 is 2.50 bits per heavy atom. The van der Waals surface area contributed by atoms with Crippen LogP contribution in [0, 0.1) is 0 Å². The Morgan fingerprint density at radius 1 is 1.06 bits per heavy atom. The molecule has 0 saturated carbocycles. The molecule has 0 fully saturated rings. The van der Waals surface area contributed by atoms with E-state index in [2.05, 4.69) is 0 Å². The molecule has 0 aliphatic rings. The average Bonchev–Trinajstić information content (AvgIpc) is 2.40. The van der Waals surface area contributed by atoms with E-state index in [0.717, 1.165) is 22.8 Å². The van der Waals surface area contributed by atoms with E-state index in [4.69, 9.17) is 9.47 Å². The first kappa shape index (κ1) is 12.4. The molecule has 3 heteroatoms. The SMILES string of the molecule is CCOc1cccc2ccc(C=O)c(OCC)c12. The van der Waals surface area contributed by atoms with Crippen LogP contribution in [0.3, 0.4) is 0 Å². The molecule has 0 saturated heterocycles. The molecule has 0 N–H and O–H groups in total. The van der Waals surface area contributed by atoms with Gasteiger partial charge in [-0.05, 0) is 31.4 Å². The van der Waals surface area contributed by atoms with Crippen LogP contribution in [0.2, 0.25) is 0 Å². The van der Waals surface area contributed by atoms with Crippen LogP contribution in [-0.2, 0) is 0 Å². The molecule has 18 heavy (non-hydrogen) atoms. The van der Waals surface area contributed by atoms with E-state index in [1.807, 2.05) is 38.1 Å². The predicted octanol–water partition coefficient (Wildman–Crippen LogP) is 3.45. The molecule has 3 nitrogen and oxygen atoms in total. The normalized spacial score (nSPS) is 10.3. The van der Waals surface area contributed by atoms with Gasteiger partial charge < -0.3 is 9.47 Å². The number of carbonyl (C=O) groups excluding carboxylic acids is 1. The standard InChI is InChI=1S/C15H16O3/c1-3-17-13-7-5-6-11-8-9-12(10-16)15(14(11)13)18-4-2/h5-10H,3-4H2,1-2H3. The van der Waals surface area contributed by atoms with E-state index in [9.17, 15) is 4.79 Å². The van der Waals surface area contributed by atoms with Crippen molar-refractivity contribution >= 4 is 17.1 Å². The quantitative estimate of drug-likeness (QED) is 0.756. The van der Waals surface area contributed by atoms with Gasteiger partial charge in [0.1, 0.15) is 11.5 Å². The summed E-state index contributed by atoms with van der Waals surface area (Å²) in [6, 6.07) is 9.49. The summed E-state index contributed by atoms with van der Waals surface area (Å²) >= 11 is 0. The van der Waals surface area contributed by atoms with Crippen molar-refractivity contribution in [1.82, 2.24) is 0 Å². The summed E-state index contributed by atoms with van der Waals surface area (Å²) in [5, 5.41) is 1.88. The Kier molecular flexibility index (Phi) is 3.82. The molecule has 0 bridgehead atoms. The summed E-state index contributed by atoms with van der Waals surface area (Å²) in [5.41, 5.74) is 0.552. The first-order chi connectivity index (χ1) is 8.81. The highest BCUT2D eigenvalue weighted by molar-refractivity contribution is 5.99. The second-order valence-electron chi connectivity index (χ2n) is 3.82. The molecule has 0 unspecified atom stereocenters. The van der Waals surface area contributed by atoms with Gasteiger partial charge in [-0.2, -0.15) is 0 Å². The minimum Gasteiger partial charge on any atom is -0.493 e. The average molecular weight is 244 g/mol. The van der Waals surface area contributed by atoms with Crippen molar-refractivity contribution in [2.45, 2.75) is 13.8 Å². The summed E-state index contributed by atoms with van der Waals surface area (Å²) in [5.74, 6) is 1.36. The van der Waals surface area contributed by atoms with Gasteiger partial charge in [0.25, 0.3) is 0 Å². The zero-order valence-corrected chi connectivity index (χ0v) is 10.6. The van der Waals surface area contributed by atoms with Gasteiger partial charge in [0, 0.05) is 0 Å². The summed E-state index contributed by atoms with van der Waals surface area (Å²) in [6.45, 7) is 4.93. The van der Waals surface area contributed by atoms with Crippen molar-refractivity contribution in [2.24, 2.45) is 0 Å². The highest BCUT2D eigenvalue weighted by Crippen LogP contribution is 2.36. The van der Waals surface area contributed by atoms with Crippen LogP contribution < -0.4 is 9.47 Å². The maximum Gasteiger partial charge on any atom is 0.153 e. The van der Waals surface area contributed by atoms with Gasteiger partial charge >= 0.3 is 0 Å². The van der Waals surface area contributed by atoms with E-state index in [1.54, 1.807) is 6.07 Å². The van der Waals surface area contributed by atoms with E-state index >= 15 is 0 Å². The summed E-state index contributed by atoms with van der Waals surface area (Å²) < 4.78 is 11.2. The zero-order chi connectivity index (χ0) is 13.0. The Hall–Kier alpha value is -2.03. The van der Waals surface area contributed by atoms with Gasteiger partial charge in [-0.1, -0.05) is 18.2 Å². The highest BCUT2D eigenvalue weighted by atomic mass is 16.5. The van der Waals surface area contributed by atoms with Crippen LogP contribution in [0.25, 0.3) is 10.8 Å². The van der Waals surface area contributed by atoms with E-state index in [-0.39, 0.29) is 0 Å². The van der Waals surface area contributed by atoms with Crippen LogP contribution in [0.5, 0.6) is 11.5 Å². The molecule has 0 spiro atoms. The predicted molar refractivity (Wildman–Crippen MR) is 71.7 cm³/mol. The Morgan fingerprint density at radius 2 is 1.83 bits per heavy atom. The molecular formula is C15H16O3. The third-order valence-corrected chi connectivity index (χ3v) is 2.71. The van der Waals surface area contributed by atoms with Crippen molar-refractivity contribution in [3.63, 3.8) is 0 Å². The second-order valence-corrected chi connectivity index (χ2v) is 3.82. The summed E-state index contributed by atoms with van der Waals surface area (Å²) in [6.07, 6.45) is 0.813. The maximum atomic E-state index is 11.1. The lowest BCUT2D eigenvalue weighted by molar-refractivity contribution is 0.112. The number of hydrogen-bond acceptors (Lipinski definition) is 3. The smallest absolute Gasteiger partial charge is 0.153 e. The first-order valence-corrected chi connectivity index (χ1v) is 6.08. The molecule has 0 aliphatic heterocycles. The summed E-state index contributed by atoms with van der Waals surface area (Å²) in [7, 11) is 0. The van der Waals surface area contributed by atoms with Crippen molar-refractivity contribution in [3.8, 4) is 11.5 Å². The number of carbonyl (C=O) groups is 1. The van der Waals surface area contributed by atoms with Gasteiger partial charge in [0.05, 0.1) is 24.2 Å². The molecule has 0 heterocycles. The van der Waals surface area contributed by atoms with Crippen molar-refractivity contribution in [2.75, 3.05) is 13.2 Å². The van der Waals surface area contributed by atoms with Gasteiger partial charge in [0.2, 0.25) is 0 Å². The molecule has 94 valence electrons. The van der Waals surface area contributed by atoms with E-state index in [0.29, 0.717) is 24.5 Å². The van der Waals surface area contributed by atoms with Crippen molar-refractivity contribution in [1.29, 1.82) is 0 Å². The monoisotopic (exact) mass is 244 g/mol. The minimum absolute atomic E-state index is 0.514. The zero-order valence-electron chi connectivity index (χ0n) is 10.6. The van der Waals surface area contributed by atoms with Crippen molar-refractivity contribution < 1.29 is 14.3 Å². The molecule has 0 aromatic heterocycles. The van der Waals surface area contributed by atoms with Gasteiger partial charge in [-0.25, -0.2) is 0 Å². The van der Waals surface area contributed by atoms with Gasteiger partial charge in [-0.15, -0.1) is 0 Å². The molecule has 2 aromatic carbocycles. The van der Waals surface area contributed by atoms with Crippen LogP contribution in [0.1, 0.15) is 24.2 Å². The molecular weight excluding hydrogens is 228 g/mol. The third-order valence-electron chi connectivity index (χ3n) is 2.71. The number of benzene rings is 2. The lowest BCUT2D eigenvalue weighted by Gasteiger charge is -2.13. The Labute approximate surface area is 106 Å². The number of hydrogen-bond donors (Lipinski definition) is 0. The highest BCUT2D eigenvalue weighted by Gasteiger charge is 2.12. The first-order valence-electron chi connectivity index (χ1n) is 6.08. The maximum absolute atomic E-state index is 11.1. The Balaban J connectivity index is 2.74. The number of rotatable bonds is 5. The lowest BCUT2D eigenvalue weighted by atomic mass is 10.0. The minimum atomic E-state index is 0.514. The van der Waals surface area contributed by atoms with E-state index < -0.39 is 0 Å². The fraction of sp³-hybridized carbons (Fsp3) is 0.267. The number of ether oxygens (including phenoxy) is 2. The van der Waals surface area contributed by atoms with E-state index in [1.165, 1.54) is 0 Å². The topological polar surface area (TPSA) is 35.5 Å². The molecule has 2 aromatic rings. The number of aldehydes is 1. The molecule has 0 radical (unpaired) electrons. The Bertz CT molecular complexity index is 561. The van der Waals surface area contributed by atoms with Crippen LogP contribution in [-0.4, -0.2) is 19.5 Å².